The molecule has 1 aromatic carbocycles. The molecular formula is C21H25ClN4O4S2. The van der Waals surface area contributed by atoms with Crippen LogP contribution in [0.15, 0.2) is 29.3 Å². The van der Waals surface area contributed by atoms with Gasteiger partial charge in [0, 0.05) is 44.2 Å². The largest absolute Gasteiger partial charge is 0.342 e. The molecule has 2 aromatic rings. The number of likely N-dealkylation sites (tertiary alicyclic amines) is 1. The SMILES string of the molecule is CCCNS(=O)(=O)c1ccc2c(c1)C1(CCN(C(C)=O)C1)CN2C(=O)Cc1ncc(Cl)s1. The van der Waals surface area contributed by atoms with Gasteiger partial charge in [0.25, 0.3) is 0 Å². The van der Waals surface area contributed by atoms with Crippen molar-refractivity contribution in [3.05, 3.63) is 39.3 Å². The third-order valence-corrected chi connectivity index (χ3v) is 8.64. The van der Waals surface area contributed by atoms with Crippen molar-refractivity contribution in [3.8, 4) is 0 Å². The number of carbonyl (C=O) groups is 2. The smallest absolute Gasteiger partial charge is 0.240 e. The van der Waals surface area contributed by atoms with Crippen LogP contribution >= 0.6 is 22.9 Å². The Labute approximate surface area is 196 Å². The Morgan fingerprint density at radius 2 is 2.09 bits per heavy atom. The highest BCUT2D eigenvalue weighted by molar-refractivity contribution is 7.89. The van der Waals surface area contributed by atoms with Gasteiger partial charge in [0.15, 0.2) is 0 Å². The summed E-state index contributed by atoms with van der Waals surface area (Å²) in [6.45, 7) is 5.20. The maximum atomic E-state index is 13.2. The first-order valence-electron chi connectivity index (χ1n) is 10.5. The highest BCUT2D eigenvalue weighted by atomic mass is 35.5. The highest BCUT2D eigenvalue weighted by Crippen LogP contribution is 2.47. The molecule has 172 valence electrons. The molecule has 0 saturated carbocycles. The normalized spacial score (nSPS) is 20.2. The minimum absolute atomic E-state index is 0.0287. The summed E-state index contributed by atoms with van der Waals surface area (Å²) in [6.07, 6.45) is 2.99. The standard InChI is InChI=1S/C21H25ClN4O4S2/c1-3-7-24-32(29,30)15-4-5-17-16(9-15)21(6-8-25(12-21)14(2)27)13-26(17)20(28)10-19-23-11-18(22)31-19/h4-5,9,11,24H,3,6-8,10,12-13H2,1-2H3. The third-order valence-electron chi connectivity index (χ3n) is 6.07. The summed E-state index contributed by atoms with van der Waals surface area (Å²) < 4.78 is 28.6. The summed E-state index contributed by atoms with van der Waals surface area (Å²) in [4.78, 5) is 33.0. The molecule has 2 aliphatic rings. The average molecular weight is 497 g/mol. The Hall–Kier alpha value is -2.01. The predicted octanol–water partition coefficient (Wildman–Crippen LogP) is 2.56. The van der Waals surface area contributed by atoms with Crippen LogP contribution in [0.5, 0.6) is 0 Å². The molecule has 1 atom stereocenters. The van der Waals surface area contributed by atoms with E-state index < -0.39 is 15.4 Å². The molecule has 3 heterocycles. The third kappa shape index (κ3) is 4.28. The summed E-state index contributed by atoms with van der Waals surface area (Å²) in [5.74, 6) is -0.158. The van der Waals surface area contributed by atoms with Gasteiger partial charge in [0.2, 0.25) is 21.8 Å². The molecule has 32 heavy (non-hydrogen) atoms. The molecule has 0 aliphatic carbocycles. The van der Waals surface area contributed by atoms with E-state index in [-0.39, 0.29) is 23.1 Å². The molecule has 0 radical (unpaired) electrons. The number of nitrogens with one attached hydrogen (secondary N) is 1. The number of rotatable bonds is 6. The first kappa shape index (κ1) is 23.2. The molecule has 1 fully saturated rings. The number of amides is 2. The number of hydrogen-bond acceptors (Lipinski definition) is 6. The van der Waals surface area contributed by atoms with Crippen LogP contribution in [0.3, 0.4) is 0 Å². The van der Waals surface area contributed by atoms with E-state index in [1.807, 2.05) is 6.92 Å². The molecule has 2 aliphatic heterocycles. The van der Waals surface area contributed by atoms with Crippen LogP contribution in [-0.2, 0) is 31.4 Å². The van der Waals surface area contributed by atoms with Gasteiger partial charge in [-0.2, -0.15) is 0 Å². The number of benzene rings is 1. The van der Waals surface area contributed by atoms with Crippen molar-refractivity contribution < 1.29 is 18.0 Å². The van der Waals surface area contributed by atoms with Gasteiger partial charge < -0.3 is 9.80 Å². The Morgan fingerprint density at radius 1 is 1.31 bits per heavy atom. The summed E-state index contributed by atoms with van der Waals surface area (Å²) in [5, 5.41) is 0.627. The van der Waals surface area contributed by atoms with Crippen LogP contribution < -0.4 is 9.62 Å². The number of anilines is 1. The Bertz CT molecular complexity index is 1170. The van der Waals surface area contributed by atoms with E-state index in [4.69, 9.17) is 11.6 Å². The number of hydrogen-bond donors (Lipinski definition) is 1. The maximum Gasteiger partial charge on any atom is 0.240 e. The molecule has 2 amide bonds. The quantitative estimate of drug-likeness (QED) is 0.662. The van der Waals surface area contributed by atoms with Gasteiger partial charge in [-0.15, -0.1) is 11.3 Å². The summed E-state index contributed by atoms with van der Waals surface area (Å²) in [7, 11) is -3.66. The van der Waals surface area contributed by atoms with E-state index in [2.05, 4.69) is 9.71 Å². The van der Waals surface area contributed by atoms with Crippen molar-refractivity contribution in [3.63, 3.8) is 0 Å². The van der Waals surface area contributed by atoms with Crippen LogP contribution in [0.1, 0.15) is 37.3 Å². The molecule has 0 bridgehead atoms. The Kier molecular flexibility index (Phi) is 6.32. The first-order valence-corrected chi connectivity index (χ1v) is 13.1. The average Bonchev–Trinajstić information content (AvgIpc) is 3.45. The van der Waals surface area contributed by atoms with Crippen LogP contribution in [0, 0.1) is 0 Å². The summed E-state index contributed by atoms with van der Waals surface area (Å²) in [6, 6.07) is 4.91. The Morgan fingerprint density at radius 3 is 2.72 bits per heavy atom. The van der Waals surface area contributed by atoms with Gasteiger partial charge in [0.1, 0.15) is 9.34 Å². The topological polar surface area (TPSA) is 99.7 Å². The van der Waals surface area contributed by atoms with Gasteiger partial charge in [-0.05, 0) is 36.6 Å². The molecular weight excluding hydrogens is 472 g/mol. The lowest BCUT2D eigenvalue weighted by Crippen LogP contribution is -2.40. The molecule has 1 N–H and O–H groups in total. The second-order valence-corrected chi connectivity index (χ2v) is 11.8. The van der Waals surface area contributed by atoms with E-state index in [1.165, 1.54) is 30.5 Å². The van der Waals surface area contributed by atoms with Crippen molar-refractivity contribution in [2.75, 3.05) is 31.1 Å². The lowest BCUT2D eigenvalue weighted by molar-refractivity contribution is -0.127. The van der Waals surface area contributed by atoms with Crippen molar-refractivity contribution in [2.45, 2.75) is 43.4 Å². The molecule has 1 aromatic heterocycles. The number of thiazole rings is 1. The molecule has 1 saturated heterocycles. The molecule has 11 heteroatoms. The lowest BCUT2D eigenvalue weighted by atomic mass is 9.81. The Balaban J connectivity index is 1.71. The zero-order valence-electron chi connectivity index (χ0n) is 17.9. The number of halogens is 1. The van der Waals surface area contributed by atoms with Crippen molar-refractivity contribution in [1.29, 1.82) is 0 Å². The van der Waals surface area contributed by atoms with E-state index in [0.29, 0.717) is 54.1 Å². The lowest BCUT2D eigenvalue weighted by Gasteiger charge is -2.25. The van der Waals surface area contributed by atoms with Crippen molar-refractivity contribution >= 4 is 50.5 Å². The second kappa shape index (κ2) is 8.74. The second-order valence-electron chi connectivity index (χ2n) is 8.26. The predicted molar refractivity (Wildman–Crippen MR) is 124 cm³/mol. The van der Waals surface area contributed by atoms with Gasteiger partial charge in [-0.3, -0.25) is 9.59 Å². The molecule has 1 unspecified atom stereocenters. The van der Waals surface area contributed by atoms with Crippen molar-refractivity contribution in [1.82, 2.24) is 14.6 Å². The van der Waals surface area contributed by atoms with Crippen molar-refractivity contribution in [2.24, 2.45) is 0 Å². The number of nitrogens with zero attached hydrogens (tertiary/aromatic N) is 3. The zero-order valence-corrected chi connectivity index (χ0v) is 20.3. The fraction of sp³-hybridized carbons (Fsp3) is 0.476. The minimum Gasteiger partial charge on any atom is -0.342 e. The minimum atomic E-state index is -3.66. The van der Waals surface area contributed by atoms with Crippen LogP contribution in [-0.4, -0.2) is 56.3 Å². The molecule has 4 rings (SSSR count). The molecule has 8 nitrogen and oxygen atoms in total. The van der Waals surface area contributed by atoms with E-state index in [1.54, 1.807) is 21.9 Å². The molecule has 1 spiro atoms. The number of aromatic nitrogens is 1. The fourth-order valence-electron chi connectivity index (χ4n) is 4.44. The van der Waals surface area contributed by atoms with Gasteiger partial charge >= 0.3 is 0 Å². The van der Waals surface area contributed by atoms with Crippen LogP contribution in [0.4, 0.5) is 5.69 Å². The van der Waals surface area contributed by atoms with Gasteiger partial charge in [-0.1, -0.05) is 18.5 Å². The van der Waals surface area contributed by atoms with Crippen LogP contribution in [0.25, 0.3) is 0 Å². The fourth-order valence-corrected chi connectivity index (χ4v) is 6.55. The van der Waals surface area contributed by atoms with E-state index in [0.717, 1.165) is 5.56 Å². The number of sulfonamides is 1. The van der Waals surface area contributed by atoms with E-state index >= 15 is 0 Å². The highest BCUT2D eigenvalue weighted by Gasteiger charge is 2.49. The number of carbonyl (C=O) groups excluding carboxylic acids is 2. The summed E-state index contributed by atoms with van der Waals surface area (Å²) in [5.41, 5.74) is 0.997. The first-order chi connectivity index (χ1) is 15.1. The van der Waals surface area contributed by atoms with E-state index in [9.17, 15) is 18.0 Å². The monoisotopic (exact) mass is 496 g/mol. The zero-order chi connectivity index (χ0) is 23.1. The van der Waals surface area contributed by atoms with Gasteiger partial charge in [-0.25, -0.2) is 18.1 Å². The van der Waals surface area contributed by atoms with Gasteiger partial charge in [0.05, 0.1) is 17.5 Å². The van der Waals surface area contributed by atoms with Crippen LogP contribution in [0.2, 0.25) is 4.34 Å². The maximum absolute atomic E-state index is 13.2. The number of fused-ring (bicyclic) bond motifs is 2. The summed E-state index contributed by atoms with van der Waals surface area (Å²) >= 11 is 7.22.